The number of nitrogens with one attached hydrogen (secondary N) is 1. The average Bonchev–Trinajstić information content (AvgIpc) is 2.82. The van der Waals surface area contributed by atoms with E-state index in [1.54, 1.807) is 48.5 Å². The Bertz CT molecular complexity index is 1100. The van der Waals surface area contributed by atoms with Gasteiger partial charge in [0.1, 0.15) is 0 Å². The number of carbonyl (C=O) groups excluding carboxylic acids is 1. The molecule has 0 atom stereocenters. The molecule has 0 aromatic heterocycles. The molecule has 7 nitrogen and oxygen atoms in total. The molecule has 0 bridgehead atoms. The maximum absolute atomic E-state index is 13.3. The molecule has 3 rings (SSSR count). The molecule has 0 aliphatic carbocycles. The summed E-state index contributed by atoms with van der Waals surface area (Å²) in [6, 6.07) is 17.8. The Morgan fingerprint density at radius 3 is 1.82 bits per heavy atom. The Morgan fingerprint density at radius 1 is 0.879 bits per heavy atom. The van der Waals surface area contributed by atoms with Crippen molar-refractivity contribution >= 4 is 12.1 Å². The van der Waals surface area contributed by atoms with Gasteiger partial charge in [-0.2, -0.15) is 5.10 Å². The van der Waals surface area contributed by atoms with Gasteiger partial charge in [0, 0.05) is 5.56 Å². The summed E-state index contributed by atoms with van der Waals surface area (Å²) in [6.07, 6.45) is 1.44. The second kappa shape index (κ2) is 10.2. The molecule has 0 saturated heterocycles. The van der Waals surface area contributed by atoms with Gasteiger partial charge < -0.3 is 19.3 Å². The van der Waals surface area contributed by atoms with Crippen molar-refractivity contribution in [1.82, 2.24) is 5.43 Å². The molecule has 0 unspecified atom stereocenters. The number of hydrazone groups is 1. The summed E-state index contributed by atoms with van der Waals surface area (Å²) in [4.78, 5) is 13.3. The molecule has 3 aromatic carbocycles. The summed E-state index contributed by atoms with van der Waals surface area (Å²) in [5, 5.41) is 15.7. The van der Waals surface area contributed by atoms with Gasteiger partial charge in [0.2, 0.25) is 5.75 Å². The fourth-order valence-electron chi connectivity index (χ4n) is 3.59. The number of aliphatic hydroxyl groups is 1. The van der Waals surface area contributed by atoms with Crippen LogP contribution in [-0.4, -0.2) is 38.6 Å². The lowest BCUT2D eigenvalue weighted by molar-refractivity contribution is -0.136. The third kappa shape index (κ3) is 4.99. The van der Waals surface area contributed by atoms with Crippen LogP contribution in [0.4, 0.5) is 0 Å². The van der Waals surface area contributed by atoms with Crippen molar-refractivity contribution in [1.29, 1.82) is 0 Å². The minimum Gasteiger partial charge on any atom is -0.493 e. The van der Waals surface area contributed by atoms with Gasteiger partial charge >= 0.3 is 0 Å². The summed E-state index contributed by atoms with van der Waals surface area (Å²) in [6.45, 7) is 3.81. The zero-order chi connectivity index (χ0) is 24.0. The smallest absolute Gasteiger partial charge is 0.281 e. The molecule has 1 amide bonds. The van der Waals surface area contributed by atoms with E-state index in [-0.39, 0.29) is 0 Å². The highest BCUT2D eigenvalue weighted by atomic mass is 16.5. The van der Waals surface area contributed by atoms with Crippen LogP contribution in [0.1, 0.15) is 27.8 Å². The summed E-state index contributed by atoms with van der Waals surface area (Å²) < 4.78 is 16.0. The van der Waals surface area contributed by atoms with Crippen LogP contribution in [0.5, 0.6) is 17.2 Å². The molecule has 0 fully saturated rings. The fraction of sp³-hybridized carbons (Fsp3) is 0.231. The van der Waals surface area contributed by atoms with Gasteiger partial charge in [-0.15, -0.1) is 0 Å². The molecule has 0 aliphatic rings. The lowest BCUT2D eigenvalue weighted by atomic mass is 9.84. The van der Waals surface area contributed by atoms with Gasteiger partial charge in [-0.05, 0) is 37.1 Å². The van der Waals surface area contributed by atoms with Crippen molar-refractivity contribution in [3.8, 4) is 17.2 Å². The number of hydrogen-bond acceptors (Lipinski definition) is 6. The molecular formula is C26H28N2O5. The first-order chi connectivity index (χ1) is 15.8. The Labute approximate surface area is 193 Å². The maximum atomic E-state index is 13.3. The van der Waals surface area contributed by atoms with Crippen molar-refractivity contribution in [2.45, 2.75) is 19.4 Å². The van der Waals surface area contributed by atoms with Gasteiger partial charge in [0.15, 0.2) is 17.1 Å². The molecule has 0 aliphatic heterocycles. The number of rotatable bonds is 8. The number of ether oxygens (including phenoxy) is 3. The standard InChI is InChI=1S/C26H28N2O5/c1-17-8-6-10-20(12-17)26(30,21-11-7-9-18(2)13-21)25(29)28-27-16-19-14-22(31-3)24(33-5)23(15-19)32-4/h6-16,30H,1-5H3,(H,28,29)/b27-16+. The Morgan fingerprint density at radius 2 is 1.39 bits per heavy atom. The molecule has 0 spiro atoms. The highest BCUT2D eigenvalue weighted by Crippen LogP contribution is 2.37. The first-order valence-electron chi connectivity index (χ1n) is 10.3. The van der Waals surface area contributed by atoms with Gasteiger partial charge in [-0.25, -0.2) is 5.43 Å². The van der Waals surface area contributed by atoms with Crippen LogP contribution in [0.25, 0.3) is 0 Å². The zero-order valence-electron chi connectivity index (χ0n) is 19.4. The average molecular weight is 449 g/mol. The number of nitrogens with zero attached hydrogens (tertiary/aromatic N) is 1. The van der Waals surface area contributed by atoms with Crippen molar-refractivity contribution in [2.24, 2.45) is 5.10 Å². The molecular weight excluding hydrogens is 420 g/mol. The van der Waals surface area contributed by atoms with E-state index in [4.69, 9.17) is 14.2 Å². The van der Waals surface area contributed by atoms with Crippen LogP contribution in [0.15, 0.2) is 65.8 Å². The fourth-order valence-corrected chi connectivity index (χ4v) is 3.59. The summed E-state index contributed by atoms with van der Waals surface area (Å²) >= 11 is 0. The number of hydrogen-bond donors (Lipinski definition) is 2. The predicted octanol–water partition coefficient (Wildman–Crippen LogP) is 3.72. The van der Waals surface area contributed by atoms with E-state index < -0.39 is 11.5 Å². The molecule has 0 saturated carbocycles. The molecule has 33 heavy (non-hydrogen) atoms. The van der Waals surface area contributed by atoms with Crippen molar-refractivity contribution < 1.29 is 24.1 Å². The number of benzene rings is 3. The van der Waals surface area contributed by atoms with E-state index in [1.165, 1.54) is 27.5 Å². The van der Waals surface area contributed by atoms with E-state index >= 15 is 0 Å². The maximum Gasteiger partial charge on any atom is 0.281 e. The minimum atomic E-state index is -1.93. The van der Waals surface area contributed by atoms with E-state index in [0.717, 1.165) is 11.1 Å². The molecule has 172 valence electrons. The number of amides is 1. The van der Waals surface area contributed by atoms with E-state index in [9.17, 15) is 9.90 Å². The highest BCUT2D eigenvalue weighted by Gasteiger charge is 2.40. The number of aryl methyl sites for hydroxylation is 2. The summed E-state index contributed by atoms with van der Waals surface area (Å²) in [7, 11) is 4.55. The Hall–Kier alpha value is -3.84. The van der Waals surface area contributed by atoms with E-state index in [0.29, 0.717) is 33.9 Å². The predicted molar refractivity (Wildman–Crippen MR) is 127 cm³/mol. The van der Waals surface area contributed by atoms with Gasteiger partial charge in [-0.1, -0.05) is 59.7 Å². The SMILES string of the molecule is COc1cc(/C=N/NC(=O)C(O)(c2cccc(C)c2)c2cccc(C)c2)cc(OC)c1OC. The number of methoxy groups -OCH3 is 3. The van der Waals surface area contributed by atoms with Crippen LogP contribution < -0.4 is 19.6 Å². The van der Waals surface area contributed by atoms with E-state index in [2.05, 4.69) is 10.5 Å². The van der Waals surface area contributed by atoms with E-state index in [1.807, 2.05) is 26.0 Å². The second-order valence-corrected chi connectivity index (χ2v) is 7.61. The first-order valence-corrected chi connectivity index (χ1v) is 10.3. The Kier molecular flexibility index (Phi) is 7.35. The second-order valence-electron chi connectivity index (χ2n) is 7.61. The molecule has 0 heterocycles. The molecule has 3 aromatic rings. The normalized spacial score (nSPS) is 11.3. The third-order valence-electron chi connectivity index (χ3n) is 5.27. The molecule has 7 heteroatoms. The van der Waals surface area contributed by atoms with Crippen LogP contribution in [0.3, 0.4) is 0 Å². The summed E-state index contributed by atoms with van der Waals surface area (Å²) in [5.41, 5.74) is 3.92. The van der Waals surface area contributed by atoms with Gasteiger partial charge in [0.25, 0.3) is 5.91 Å². The zero-order valence-corrected chi connectivity index (χ0v) is 19.4. The van der Waals surface area contributed by atoms with Crippen molar-refractivity contribution in [2.75, 3.05) is 21.3 Å². The lowest BCUT2D eigenvalue weighted by Crippen LogP contribution is -2.43. The summed E-state index contributed by atoms with van der Waals surface area (Å²) in [5.74, 6) is 0.693. The lowest BCUT2D eigenvalue weighted by Gasteiger charge is -2.27. The van der Waals surface area contributed by atoms with Crippen molar-refractivity contribution in [3.63, 3.8) is 0 Å². The molecule has 0 radical (unpaired) electrons. The van der Waals surface area contributed by atoms with Crippen LogP contribution in [-0.2, 0) is 10.4 Å². The Balaban J connectivity index is 1.95. The van der Waals surface area contributed by atoms with Crippen LogP contribution >= 0.6 is 0 Å². The van der Waals surface area contributed by atoms with Crippen LogP contribution in [0, 0.1) is 13.8 Å². The number of carbonyl (C=O) groups is 1. The van der Waals surface area contributed by atoms with Gasteiger partial charge in [0.05, 0.1) is 27.5 Å². The minimum absolute atomic E-state index is 0.452. The largest absolute Gasteiger partial charge is 0.493 e. The highest BCUT2D eigenvalue weighted by molar-refractivity contribution is 5.91. The topological polar surface area (TPSA) is 89.4 Å². The van der Waals surface area contributed by atoms with Crippen LogP contribution in [0.2, 0.25) is 0 Å². The third-order valence-corrected chi connectivity index (χ3v) is 5.27. The quantitative estimate of drug-likeness (QED) is 0.405. The molecule has 2 N–H and O–H groups in total. The van der Waals surface area contributed by atoms with Crippen molar-refractivity contribution in [3.05, 3.63) is 88.5 Å². The monoisotopic (exact) mass is 448 g/mol. The van der Waals surface area contributed by atoms with Gasteiger partial charge in [-0.3, -0.25) is 4.79 Å². The first kappa shape index (κ1) is 23.8.